The van der Waals surface area contributed by atoms with Gasteiger partial charge in [0.25, 0.3) is 6.71 Å². The van der Waals surface area contributed by atoms with E-state index in [1.54, 1.807) is 0 Å². The molecule has 9 aromatic carbocycles. The standard InChI is InChI=1S/C87H94BN5/c1-80(2,3)48-25-31-67-56(37-48)57-38-49(81(4,5)6)26-32-68(57)90(67)76-64(47-89)77(91-69-33-27-50(82(7,8)9)39-58(69)59-40-51(83(10,11)12)28-34-70(59)91)79-73-78(76)92-71-35-29-52(84(13,14)15)41-60(71)62-43-54(86(19,20)21)45-65(74(62)92)88(73)66-46-55(87(22,23)24)44-63-61-42-53(85(16,17)18)30-36-72(61)93(79)75(63)66/h25-46H,1-24H3. The van der Waals surface area contributed by atoms with E-state index in [9.17, 15) is 5.26 Å². The van der Waals surface area contributed by atoms with E-state index in [1.807, 2.05) is 0 Å². The fraction of sp³-hybridized carbons (Fsp3) is 0.368. The smallest absolute Gasteiger partial charge is 0.252 e. The minimum Gasteiger partial charge on any atom is -0.308 e. The molecule has 13 aromatic rings. The van der Waals surface area contributed by atoms with Crippen LogP contribution < -0.4 is 16.4 Å². The second-order valence-electron chi connectivity index (χ2n) is 36.4. The number of aromatic nitrogens is 4. The fourth-order valence-corrected chi connectivity index (χ4v) is 15.9. The van der Waals surface area contributed by atoms with Gasteiger partial charge in [0.15, 0.2) is 0 Å². The molecular formula is C87H94BN5. The summed E-state index contributed by atoms with van der Waals surface area (Å²) >= 11 is 0. The van der Waals surface area contributed by atoms with Crippen molar-refractivity contribution in [2.45, 2.75) is 209 Å². The Morgan fingerprint density at radius 2 is 0.473 bits per heavy atom. The summed E-state index contributed by atoms with van der Waals surface area (Å²) in [6.45, 7) is 56.0. The van der Waals surface area contributed by atoms with Crippen molar-refractivity contribution in [3.8, 4) is 28.8 Å². The van der Waals surface area contributed by atoms with E-state index >= 15 is 0 Å². The third-order valence-corrected chi connectivity index (χ3v) is 21.6. The second kappa shape index (κ2) is 19.0. The van der Waals surface area contributed by atoms with Crippen molar-refractivity contribution >= 4 is 110 Å². The third kappa shape index (κ3) is 8.83. The van der Waals surface area contributed by atoms with Crippen LogP contribution in [-0.2, 0) is 43.3 Å². The van der Waals surface area contributed by atoms with Crippen LogP contribution in [0.2, 0.25) is 0 Å². The van der Waals surface area contributed by atoms with Crippen molar-refractivity contribution in [3.05, 3.63) is 184 Å². The van der Waals surface area contributed by atoms with E-state index in [-0.39, 0.29) is 50.0 Å². The maximum Gasteiger partial charge on any atom is 0.252 e. The van der Waals surface area contributed by atoms with Gasteiger partial charge in [-0.25, -0.2) is 0 Å². The van der Waals surface area contributed by atoms with E-state index in [0.29, 0.717) is 5.56 Å². The molecule has 93 heavy (non-hydrogen) atoms. The molecular weight excluding hydrogens is 1130 g/mol. The van der Waals surface area contributed by atoms with Crippen LogP contribution in [0.25, 0.3) is 110 Å². The number of nitrogens with zero attached hydrogens (tertiary/aromatic N) is 5. The topological polar surface area (TPSA) is 43.5 Å². The van der Waals surface area contributed by atoms with Crippen molar-refractivity contribution in [1.82, 2.24) is 18.3 Å². The van der Waals surface area contributed by atoms with E-state index in [4.69, 9.17) is 0 Å². The first-order valence-electron chi connectivity index (χ1n) is 34.3. The number of hydrogen-bond acceptors (Lipinski definition) is 1. The summed E-state index contributed by atoms with van der Waals surface area (Å²) in [6, 6.07) is 56.9. The van der Waals surface area contributed by atoms with Crippen molar-refractivity contribution < 1.29 is 0 Å². The minimum atomic E-state index is -0.270. The lowest BCUT2D eigenvalue weighted by molar-refractivity contribution is 0.590. The maximum atomic E-state index is 13.4. The highest BCUT2D eigenvalue weighted by Crippen LogP contribution is 2.51. The summed E-state index contributed by atoms with van der Waals surface area (Å²) in [5.74, 6) is 0. The number of rotatable bonds is 2. The Labute approximate surface area is 552 Å². The quantitative estimate of drug-likeness (QED) is 0.159. The van der Waals surface area contributed by atoms with Gasteiger partial charge in [0, 0.05) is 54.1 Å². The van der Waals surface area contributed by atoms with Crippen molar-refractivity contribution in [2.24, 2.45) is 0 Å². The first-order chi connectivity index (χ1) is 43.2. The Morgan fingerprint density at radius 3 is 0.699 bits per heavy atom. The van der Waals surface area contributed by atoms with Gasteiger partial charge in [-0.2, -0.15) is 5.26 Å². The Bertz CT molecular complexity index is 5040. The molecule has 6 heteroatoms. The monoisotopic (exact) mass is 1220 g/mol. The lowest BCUT2D eigenvalue weighted by Crippen LogP contribution is -2.60. The molecule has 0 aliphatic carbocycles. The van der Waals surface area contributed by atoms with E-state index in [0.717, 1.165) is 55.8 Å². The minimum absolute atomic E-state index is 0.112. The van der Waals surface area contributed by atoms with Crippen LogP contribution in [0.3, 0.4) is 0 Å². The van der Waals surface area contributed by atoms with Crippen LogP contribution in [0.4, 0.5) is 0 Å². The SMILES string of the molecule is CC(C)(C)c1ccc2c(c1)c1cc(C(C)(C)C)ccc1n2-c1c(C#N)c(-n2c3ccc(C(C)(C)C)cc3c3cc(C(C)(C)C)ccc32)c2c3c1-n1c4ccc(C(C)(C)C)cc4c4cc(C(C)(C)C)cc(c41)B3c1cc(C(C)(C)C)cc3c4cc(C(C)(C)C)ccc4n-2c13. The van der Waals surface area contributed by atoms with Crippen molar-refractivity contribution in [1.29, 1.82) is 5.26 Å². The van der Waals surface area contributed by atoms with Crippen LogP contribution in [0.1, 0.15) is 216 Å². The zero-order valence-corrected chi connectivity index (χ0v) is 60.0. The number of fused-ring (bicyclic) bond motifs is 16. The highest BCUT2D eigenvalue weighted by Gasteiger charge is 2.47. The largest absolute Gasteiger partial charge is 0.308 e. The highest BCUT2D eigenvalue weighted by atomic mass is 15.1. The highest BCUT2D eigenvalue weighted by molar-refractivity contribution is 7.00. The molecule has 2 aliphatic rings. The van der Waals surface area contributed by atoms with Gasteiger partial charge in [0.2, 0.25) is 0 Å². The van der Waals surface area contributed by atoms with Gasteiger partial charge in [0.1, 0.15) is 11.6 Å². The molecule has 0 N–H and O–H groups in total. The first kappa shape index (κ1) is 60.9. The van der Waals surface area contributed by atoms with Crippen molar-refractivity contribution in [3.63, 3.8) is 0 Å². The molecule has 15 rings (SSSR count). The summed E-state index contributed by atoms with van der Waals surface area (Å²) in [5, 5.41) is 23.1. The van der Waals surface area contributed by atoms with Crippen LogP contribution in [0.15, 0.2) is 133 Å². The van der Waals surface area contributed by atoms with Crippen LogP contribution in [0.5, 0.6) is 0 Å². The lowest BCUT2D eigenvalue weighted by atomic mass is 9.33. The Morgan fingerprint density at radius 1 is 0.258 bits per heavy atom. The molecule has 2 aliphatic heterocycles. The van der Waals surface area contributed by atoms with Crippen molar-refractivity contribution in [2.75, 3.05) is 0 Å². The maximum absolute atomic E-state index is 13.4. The fourth-order valence-electron chi connectivity index (χ4n) is 15.9. The lowest BCUT2D eigenvalue weighted by Gasteiger charge is -2.38. The summed E-state index contributed by atoms with van der Waals surface area (Å²) < 4.78 is 10.4. The number of nitriles is 1. The predicted molar refractivity (Wildman–Crippen MR) is 403 cm³/mol. The normalized spacial score (nSPS) is 14.2. The zero-order chi connectivity index (χ0) is 66.6. The third-order valence-electron chi connectivity index (χ3n) is 21.6. The second-order valence-corrected chi connectivity index (χ2v) is 36.4. The molecule has 0 atom stereocenters. The van der Waals surface area contributed by atoms with Crippen LogP contribution >= 0.6 is 0 Å². The Kier molecular flexibility index (Phi) is 12.4. The molecule has 6 heterocycles. The van der Waals surface area contributed by atoms with Gasteiger partial charge >= 0.3 is 0 Å². The zero-order valence-electron chi connectivity index (χ0n) is 60.0. The Balaban J connectivity index is 1.29. The van der Waals surface area contributed by atoms with Gasteiger partial charge in [-0.15, -0.1) is 0 Å². The predicted octanol–water partition coefficient (Wildman–Crippen LogP) is 21.5. The molecule has 0 unspecified atom stereocenters. The molecule has 5 nitrogen and oxygen atoms in total. The summed E-state index contributed by atoms with van der Waals surface area (Å²) in [6.07, 6.45) is 0. The molecule has 0 saturated heterocycles. The first-order valence-corrected chi connectivity index (χ1v) is 34.3. The summed E-state index contributed by atoms with van der Waals surface area (Å²) in [4.78, 5) is 0. The molecule has 0 radical (unpaired) electrons. The van der Waals surface area contributed by atoms with Gasteiger partial charge in [-0.3, -0.25) is 0 Å². The Hall–Kier alpha value is -8.27. The summed E-state index contributed by atoms with van der Waals surface area (Å²) in [5.41, 5.74) is 26.7. The molecule has 470 valence electrons. The van der Waals surface area contributed by atoms with Gasteiger partial charge < -0.3 is 18.3 Å². The van der Waals surface area contributed by atoms with E-state index < -0.39 is 0 Å². The molecule has 0 spiro atoms. The van der Waals surface area contributed by atoms with Crippen LogP contribution in [-0.4, -0.2) is 25.0 Å². The molecule has 0 fully saturated rings. The van der Waals surface area contributed by atoms with E-state index in [2.05, 4.69) is 324 Å². The number of benzene rings is 9. The summed E-state index contributed by atoms with van der Waals surface area (Å²) in [7, 11) is 0. The van der Waals surface area contributed by atoms with Gasteiger partial charge in [0.05, 0.1) is 55.8 Å². The molecule has 0 bridgehead atoms. The molecule has 0 amide bonds. The van der Waals surface area contributed by atoms with Gasteiger partial charge in [-0.05, 0) is 189 Å². The van der Waals surface area contributed by atoms with Gasteiger partial charge in [-0.1, -0.05) is 215 Å². The number of hydrogen-bond donors (Lipinski definition) is 0. The average Bonchev–Trinajstić information content (AvgIpc) is 1.58. The average molecular weight is 1220 g/mol. The van der Waals surface area contributed by atoms with E-state index in [1.165, 1.54) is 115 Å². The molecule has 4 aromatic heterocycles. The van der Waals surface area contributed by atoms with Crippen LogP contribution in [0, 0.1) is 11.3 Å². The molecule has 0 saturated carbocycles.